The zero-order valence-electron chi connectivity index (χ0n) is 10.5. The van der Waals surface area contributed by atoms with Crippen LogP contribution >= 0.6 is 23.2 Å². The summed E-state index contributed by atoms with van der Waals surface area (Å²) < 4.78 is 48.7. The van der Waals surface area contributed by atoms with Crippen molar-refractivity contribution in [2.45, 2.75) is 17.4 Å². The largest absolute Gasteiger partial charge is 0.244 e. The maximum absolute atomic E-state index is 12.4. The first-order valence-corrected chi connectivity index (χ1v) is 9.65. The van der Waals surface area contributed by atoms with Gasteiger partial charge in [0.1, 0.15) is 10.0 Å². The first-order valence-electron chi connectivity index (χ1n) is 5.63. The van der Waals surface area contributed by atoms with Gasteiger partial charge in [-0.05, 0) is 12.5 Å². The molecular weight excluding hydrogens is 347 g/mol. The van der Waals surface area contributed by atoms with E-state index in [9.17, 15) is 16.8 Å². The molecule has 1 saturated heterocycles. The molecule has 0 saturated carbocycles. The van der Waals surface area contributed by atoms with Gasteiger partial charge < -0.3 is 0 Å². The summed E-state index contributed by atoms with van der Waals surface area (Å²) in [6.07, 6.45) is 1.39. The second kappa shape index (κ2) is 5.42. The maximum Gasteiger partial charge on any atom is 0.244 e. The quantitative estimate of drug-likeness (QED) is 0.757. The molecule has 6 nitrogen and oxygen atoms in total. The topological polar surface area (TPSA) is 84.4 Å². The van der Waals surface area contributed by atoms with Crippen molar-refractivity contribution < 1.29 is 16.8 Å². The standard InChI is InChI=1S/C10H12Cl2N2O4S2/c1-14(7-2-3-19(15,16)6-7)20(17,18)8-4-9(11)10(12)13-5-8/h4-5,7H,2-3,6H2,1H3. The summed E-state index contributed by atoms with van der Waals surface area (Å²) in [4.78, 5) is 3.58. The molecule has 1 aliphatic rings. The van der Waals surface area contributed by atoms with E-state index >= 15 is 0 Å². The zero-order valence-corrected chi connectivity index (χ0v) is 13.6. The molecule has 1 fully saturated rings. The van der Waals surface area contributed by atoms with E-state index in [1.165, 1.54) is 13.1 Å². The molecule has 0 N–H and O–H groups in total. The second-order valence-electron chi connectivity index (χ2n) is 4.52. The van der Waals surface area contributed by atoms with Crippen LogP contribution in [0.3, 0.4) is 0 Å². The molecule has 112 valence electrons. The third-order valence-corrected chi connectivity index (χ3v) is 7.48. The Kier molecular flexibility index (Phi) is 4.32. The van der Waals surface area contributed by atoms with E-state index in [-0.39, 0.29) is 33.0 Å². The van der Waals surface area contributed by atoms with Crippen molar-refractivity contribution >= 4 is 43.1 Å². The Morgan fingerprint density at radius 1 is 1.40 bits per heavy atom. The van der Waals surface area contributed by atoms with Crippen LogP contribution in [0.25, 0.3) is 0 Å². The number of hydrogen-bond acceptors (Lipinski definition) is 5. The highest BCUT2D eigenvalue weighted by molar-refractivity contribution is 7.92. The number of aromatic nitrogens is 1. The SMILES string of the molecule is CN(C1CCS(=O)(=O)C1)S(=O)(=O)c1cnc(Cl)c(Cl)c1. The highest BCUT2D eigenvalue weighted by atomic mass is 35.5. The van der Waals surface area contributed by atoms with Crippen LogP contribution in [0.2, 0.25) is 10.2 Å². The highest BCUT2D eigenvalue weighted by Gasteiger charge is 2.36. The van der Waals surface area contributed by atoms with E-state index in [1.54, 1.807) is 0 Å². The molecule has 0 bridgehead atoms. The lowest BCUT2D eigenvalue weighted by Gasteiger charge is -2.22. The van der Waals surface area contributed by atoms with Crippen molar-refractivity contribution in [2.75, 3.05) is 18.6 Å². The van der Waals surface area contributed by atoms with Crippen LogP contribution in [0.1, 0.15) is 6.42 Å². The normalized spacial score (nSPS) is 22.3. The minimum absolute atomic E-state index is 0.00283. The van der Waals surface area contributed by atoms with Crippen molar-refractivity contribution in [2.24, 2.45) is 0 Å². The fourth-order valence-electron chi connectivity index (χ4n) is 1.97. The Bertz CT molecular complexity index is 734. The van der Waals surface area contributed by atoms with Gasteiger partial charge in [-0.3, -0.25) is 0 Å². The molecule has 1 aromatic rings. The molecule has 0 spiro atoms. The highest BCUT2D eigenvalue weighted by Crippen LogP contribution is 2.26. The molecule has 2 rings (SSSR count). The third kappa shape index (κ3) is 3.09. The Hall–Kier alpha value is -0.410. The van der Waals surface area contributed by atoms with E-state index < -0.39 is 25.9 Å². The predicted molar refractivity (Wildman–Crippen MR) is 76.3 cm³/mol. The molecule has 1 aliphatic heterocycles. The van der Waals surface area contributed by atoms with Crippen molar-refractivity contribution in [3.63, 3.8) is 0 Å². The van der Waals surface area contributed by atoms with Crippen LogP contribution in [-0.4, -0.2) is 50.7 Å². The van der Waals surface area contributed by atoms with Gasteiger partial charge in [-0.2, -0.15) is 4.31 Å². The van der Waals surface area contributed by atoms with Gasteiger partial charge in [0.15, 0.2) is 9.84 Å². The Balaban J connectivity index is 2.32. The maximum atomic E-state index is 12.4. The lowest BCUT2D eigenvalue weighted by molar-refractivity contribution is 0.394. The summed E-state index contributed by atoms with van der Waals surface area (Å²) in [5.41, 5.74) is 0. The molecule has 0 amide bonds. The average molecular weight is 359 g/mol. The number of sulfone groups is 1. The lowest BCUT2D eigenvalue weighted by atomic mass is 10.3. The van der Waals surface area contributed by atoms with Gasteiger partial charge >= 0.3 is 0 Å². The van der Waals surface area contributed by atoms with E-state index in [1.807, 2.05) is 0 Å². The smallest absolute Gasteiger partial charge is 0.242 e. The molecule has 1 unspecified atom stereocenters. The minimum atomic E-state index is -3.85. The van der Waals surface area contributed by atoms with Gasteiger partial charge in [-0.1, -0.05) is 23.2 Å². The Morgan fingerprint density at radius 3 is 2.55 bits per heavy atom. The van der Waals surface area contributed by atoms with Crippen molar-refractivity contribution in [3.05, 3.63) is 22.4 Å². The second-order valence-corrected chi connectivity index (χ2v) is 9.51. The molecule has 20 heavy (non-hydrogen) atoms. The number of rotatable bonds is 3. The van der Waals surface area contributed by atoms with Crippen LogP contribution < -0.4 is 0 Å². The summed E-state index contributed by atoms with van der Waals surface area (Å²) in [6.45, 7) is 0. The van der Waals surface area contributed by atoms with Gasteiger partial charge in [0.05, 0.1) is 16.5 Å². The molecule has 1 atom stereocenters. The van der Waals surface area contributed by atoms with E-state index in [0.29, 0.717) is 0 Å². The van der Waals surface area contributed by atoms with Gasteiger partial charge in [-0.25, -0.2) is 21.8 Å². The summed E-state index contributed by atoms with van der Waals surface area (Å²) in [7, 11) is -5.66. The van der Waals surface area contributed by atoms with Crippen LogP contribution in [0.5, 0.6) is 0 Å². The molecule has 0 aliphatic carbocycles. The van der Waals surface area contributed by atoms with E-state index in [4.69, 9.17) is 23.2 Å². The minimum Gasteiger partial charge on any atom is -0.242 e. The van der Waals surface area contributed by atoms with Crippen LogP contribution in [0.15, 0.2) is 17.2 Å². The molecule has 2 heterocycles. The molecule has 1 aromatic heterocycles. The number of sulfonamides is 1. The lowest BCUT2D eigenvalue weighted by Crippen LogP contribution is -2.37. The van der Waals surface area contributed by atoms with Gasteiger partial charge in [0.2, 0.25) is 10.0 Å². The fraction of sp³-hybridized carbons (Fsp3) is 0.500. The molecule has 0 aromatic carbocycles. The monoisotopic (exact) mass is 358 g/mol. The van der Waals surface area contributed by atoms with E-state index in [0.717, 1.165) is 10.5 Å². The third-order valence-electron chi connectivity index (χ3n) is 3.17. The van der Waals surface area contributed by atoms with Gasteiger partial charge in [0, 0.05) is 19.3 Å². The molecule has 10 heteroatoms. The van der Waals surface area contributed by atoms with Gasteiger partial charge in [-0.15, -0.1) is 0 Å². The molecular formula is C10H12Cl2N2O4S2. The average Bonchev–Trinajstić information content (AvgIpc) is 2.72. The van der Waals surface area contributed by atoms with Gasteiger partial charge in [0.25, 0.3) is 0 Å². The molecule has 0 radical (unpaired) electrons. The number of nitrogens with zero attached hydrogens (tertiary/aromatic N) is 2. The first kappa shape index (κ1) is 16.0. The van der Waals surface area contributed by atoms with Crippen LogP contribution in [0, 0.1) is 0 Å². The zero-order chi connectivity index (χ0) is 15.1. The first-order chi connectivity index (χ1) is 9.13. The number of pyridine rings is 1. The number of hydrogen-bond donors (Lipinski definition) is 0. The van der Waals surface area contributed by atoms with Crippen LogP contribution in [-0.2, 0) is 19.9 Å². The van der Waals surface area contributed by atoms with Crippen LogP contribution in [0.4, 0.5) is 0 Å². The fourth-order valence-corrected chi connectivity index (χ4v) is 5.53. The summed E-state index contributed by atoms with van der Waals surface area (Å²) in [6, 6.07) is 0.631. The number of halogens is 2. The van der Waals surface area contributed by atoms with E-state index in [2.05, 4.69) is 4.98 Å². The Labute approximate surface area is 127 Å². The van der Waals surface area contributed by atoms with Crippen molar-refractivity contribution in [1.29, 1.82) is 0 Å². The van der Waals surface area contributed by atoms with Crippen molar-refractivity contribution in [3.8, 4) is 0 Å². The Morgan fingerprint density at radius 2 is 2.05 bits per heavy atom. The van der Waals surface area contributed by atoms with Crippen molar-refractivity contribution in [1.82, 2.24) is 9.29 Å². The predicted octanol–water partition coefficient (Wildman–Crippen LogP) is 1.20. The summed E-state index contributed by atoms with van der Waals surface area (Å²) in [5.74, 6) is -0.172. The summed E-state index contributed by atoms with van der Waals surface area (Å²) in [5, 5.41) is 0.0388. The summed E-state index contributed by atoms with van der Waals surface area (Å²) >= 11 is 11.4.